The third-order valence-corrected chi connectivity index (χ3v) is 3.61. The average Bonchev–Trinajstić information content (AvgIpc) is 2.89. The Morgan fingerprint density at radius 1 is 1.32 bits per heavy atom. The van der Waals surface area contributed by atoms with Gasteiger partial charge >= 0.3 is 0 Å². The summed E-state index contributed by atoms with van der Waals surface area (Å²) in [6.07, 6.45) is 0. The molecule has 0 N–H and O–H groups in total. The van der Waals surface area contributed by atoms with Crippen molar-refractivity contribution in [3.63, 3.8) is 0 Å². The molecule has 0 unspecified atom stereocenters. The van der Waals surface area contributed by atoms with Gasteiger partial charge in [0.05, 0.1) is 6.54 Å². The van der Waals surface area contributed by atoms with Crippen molar-refractivity contribution in [2.45, 2.75) is 13.5 Å². The van der Waals surface area contributed by atoms with Crippen molar-refractivity contribution in [1.82, 2.24) is 4.90 Å². The van der Waals surface area contributed by atoms with Gasteiger partial charge in [-0.3, -0.25) is 4.79 Å². The minimum atomic E-state index is -0.0186. The molecule has 0 bridgehead atoms. The van der Waals surface area contributed by atoms with Gasteiger partial charge in [-0.15, -0.1) is 11.3 Å². The number of benzene rings is 1. The normalized spacial score (nSPS) is 10.2. The maximum absolute atomic E-state index is 11.9. The summed E-state index contributed by atoms with van der Waals surface area (Å²) in [5, 5.41) is 2.01. The summed E-state index contributed by atoms with van der Waals surface area (Å²) < 4.78 is 5.50. The number of aryl methyl sites for hydroxylation is 1. The Kier molecular flexibility index (Phi) is 4.58. The molecular formula is C15H17NO2S. The molecular weight excluding hydrogens is 258 g/mol. The summed E-state index contributed by atoms with van der Waals surface area (Å²) in [5.74, 6) is 0.716. The summed E-state index contributed by atoms with van der Waals surface area (Å²) in [4.78, 5) is 14.8. The molecule has 0 aliphatic rings. The van der Waals surface area contributed by atoms with Crippen LogP contribution >= 0.6 is 11.3 Å². The highest BCUT2D eigenvalue weighted by atomic mass is 32.1. The number of thiophene rings is 1. The van der Waals surface area contributed by atoms with Gasteiger partial charge in [-0.25, -0.2) is 0 Å². The van der Waals surface area contributed by atoms with Crippen molar-refractivity contribution in [3.05, 3.63) is 52.2 Å². The molecule has 0 radical (unpaired) electrons. The number of hydrogen-bond acceptors (Lipinski definition) is 3. The Bertz CT molecular complexity index is 537. The van der Waals surface area contributed by atoms with Crippen LogP contribution in [0.5, 0.6) is 5.75 Å². The van der Waals surface area contributed by atoms with Gasteiger partial charge in [0.25, 0.3) is 5.91 Å². The predicted octanol–water partition coefficient (Wildman–Crippen LogP) is 3.09. The number of ether oxygens (including phenoxy) is 1. The van der Waals surface area contributed by atoms with E-state index in [1.807, 2.05) is 48.7 Å². The predicted molar refractivity (Wildman–Crippen MR) is 77.5 cm³/mol. The standard InChI is InChI=1S/C15H17NO2S/c1-12-5-3-6-13(9-12)18-11-15(17)16(2)10-14-7-4-8-19-14/h3-9H,10-11H2,1-2H3. The lowest BCUT2D eigenvalue weighted by molar-refractivity contribution is -0.132. The molecule has 0 aliphatic heterocycles. The van der Waals surface area contributed by atoms with Crippen LogP contribution in [-0.4, -0.2) is 24.5 Å². The van der Waals surface area contributed by atoms with Crippen LogP contribution in [-0.2, 0) is 11.3 Å². The van der Waals surface area contributed by atoms with Gasteiger partial charge < -0.3 is 9.64 Å². The molecule has 1 amide bonds. The summed E-state index contributed by atoms with van der Waals surface area (Å²) in [7, 11) is 1.79. The molecule has 0 fully saturated rings. The number of rotatable bonds is 5. The Morgan fingerprint density at radius 2 is 2.16 bits per heavy atom. The summed E-state index contributed by atoms with van der Waals surface area (Å²) >= 11 is 1.65. The molecule has 0 aliphatic carbocycles. The minimum absolute atomic E-state index is 0.0186. The first-order valence-corrected chi connectivity index (χ1v) is 6.99. The van der Waals surface area contributed by atoms with E-state index in [0.717, 1.165) is 11.3 Å². The van der Waals surface area contributed by atoms with Crippen LogP contribution in [0.4, 0.5) is 0 Å². The monoisotopic (exact) mass is 275 g/mol. The molecule has 19 heavy (non-hydrogen) atoms. The highest BCUT2D eigenvalue weighted by Gasteiger charge is 2.10. The van der Waals surface area contributed by atoms with Crippen molar-refractivity contribution < 1.29 is 9.53 Å². The third kappa shape index (κ3) is 4.10. The van der Waals surface area contributed by atoms with Gasteiger partial charge in [0.2, 0.25) is 0 Å². The van der Waals surface area contributed by atoms with Crippen molar-refractivity contribution in [1.29, 1.82) is 0 Å². The van der Waals surface area contributed by atoms with Crippen LogP contribution in [0, 0.1) is 6.92 Å². The number of carbonyl (C=O) groups is 1. The molecule has 2 aromatic rings. The summed E-state index contributed by atoms with van der Waals surface area (Å²) in [5.41, 5.74) is 1.12. The SMILES string of the molecule is Cc1cccc(OCC(=O)N(C)Cc2cccs2)c1. The molecule has 0 saturated heterocycles. The molecule has 1 heterocycles. The van der Waals surface area contributed by atoms with E-state index in [9.17, 15) is 4.79 Å². The Morgan fingerprint density at radius 3 is 2.84 bits per heavy atom. The van der Waals surface area contributed by atoms with E-state index < -0.39 is 0 Å². The zero-order valence-electron chi connectivity index (χ0n) is 11.1. The molecule has 4 heteroatoms. The minimum Gasteiger partial charge on any atom is -0.484 e. The van der Waals surface area contributed by atoms with E-state index in [-0.39, 0.29) is 12.5 Å². The van der Waals surface area contributed by atoms with Crippen LogP contribution in [0.2, 0.25) is 0 Å². The number of carbonyl (C=O) groups excluding carboxylic acids is 1. The Labute approximate surface area is 117 Å². The Hall–Kier alpha value is -1.81. The van der Waals surface area contributed by atoms with E-state index in [1.165, 1.54) is 4.88 Å². The lowest BCUT2D eigenvalue weighted by atomic mass is 10.2. The van der Waals surface area contributed by atoms with E-state index in [1.54, 1.807) is 23.3 Å². The zero-order valence-corrected chi connectivity index (χ0v) is 11.9. The maximum Gasteiger partial charge on any atom is 0.260 e. The van der Waals surface area contributed by atoms with Crippen molar-refractivity contribution in [2.24, 2.45) is 0 Å². The molecule has 2 rings (SSSR count). The van der Waals surface area contributed by atoms with Crippen molar-refractivity contribution in [3.8, 4) is 5.75 Å². The number of nitrogens with zero attached hydrogens (tertiary/aromatic N) is 1. The second-order valence-electron chi connectivity index (χ2n) is 4.43. The lowest BCUT2D eigenvalue weighted by Crippen LogP contribution is -2.30. The average molecular weight is 275 g/mol. The summed E-state index contributed by atoms with van der Waals surface area (Å²) in [6, 6.07) is 11.7. The van der Waals surface area contributed by atoms with Crippen molar-refractivity contribution in [2.75, 3.05) is 13.7 Å². The number of hydrogen-bond donors (Lipinski definition) is 0. The fourth-order valence-electron chi connectivity index (χ4n) is 1.68. The quantitative estimate of drug-likeness (QED) is 0.839. The molecule has 1 aromatic heterocycles. The van der Waals surface area contributed by atoms with Gasteiger partial charge in [-0.2, -0.15) is 0 Å². The van der Waals surface area contributed by atoms with Crippen LogP contribution < -0.4 is 4.74 Å². The van der Waals surface area contributed by atoms with Crippen LogP contribution in [0.1, 0.15) is 10.4 Å². The highest BCUT2D eigenvalue weighted by molar-refractivity contribution is 7.09. The molecule has 3 nitrogen and oxygen atoms in total. The highest BCUT2D eigenvalue weighted by Crippen LogP contribution is 2.13. The molecule has 0 spiro atoms. The van der Waals surface area contributed by atoms with Crippen LogP contribution in [0.3, 0.4) is 0 Å². The largest absolute Gasteiger partial charge is 0.484 e. The van der Waals surface area contributed by atoms with Crippen LogP contribution in [0.25, 0.3) is 0 Å². The van der Waals surface area contributed by atoms with E-state index in [2.05, 4.69) is 0 Å². The van der Waals surface area contributed by atoms with Gasteiger partial charge in [0.1, 0.15) is 5.75 Å². The van der Waals surface area contributed by atoms with Gasteiger partial charge in [-0.05, 0) is 36.1 Å². The van der Waals surface area contributed by atoms with Gasteiger partial charge in [0, 0.05) is 11.9 Å². The number of amides is 1. The smallest absolute Gasteiger partial charge is 0.260 e. The molecule has 100 valence electrons. The maximum atomic E-state index is 11.9. The number of likely N-dealkylation sites (N-methyl/N-ethyl adjacent to an activating group) is 1. The van der Waals surface area contributed by atoms with E-state index in [0.29, 0.717) is 6.54 Å². The molecule has 1 aromatic carbocycles. The fourth-order valence-corrected chi connectivity index (χ4v) is 2.44. The fraction of sp³-hybridized carbons (Fsp3) is 0.267. The molecule has 0 saturated carbocycles. The second kappa shape index (κ2) is 6.38. The topological polar surface area (TPSA) is 29.5 Å². The Balaban J connectivity index is 1.84. The van der Waals surface area contributed by atoms with E-state index >= 15 is 0 Å². The zero-order chi connectivity index (χ0) is 13.7. The first kappa shape index (κ1) is 13.6. The van der Waals surface area contributed by atoms with E-state index in [4.69, 9.17) is 4.74 Å². The second-order valence-corrected chi connectivity index (χ2v) is 5.47. The third-order valence-electron chi connectivity index (χ3n) is 2.75. The van der Waals surface area contributed by atoms with Gasteiger partial charge in [-0.1, -0.05) is 18.2 Å². The first-order valence-electron chi connectivity index (χ1n) is 6.11. The first-order chi connectivity index (χ1) is 9.15. The van der Waals surface area contributed by atoms with Gasteiger partial charge in [0.15, 0.2) is 6.61 Å². The van der Waals surface area contributed by atoms with Crippen molar-refractivity contribution >= 4 is 17.2 Å². The lowest BCUT2D eigenvalue weighted by Gasteiger charge is -2.16. The molecule has 0 atom stereocenters. The summed E-state index contributed by atoms with van der Waals surface area (Å²) in [6.45, 7) is 2.70. The van der Waals surface area contributed by atoms with Crippen LogP contribution in [0.15, 0.2) is 41.8 Å².